The maximum Gasteiger partial charge on any atom is 0.164 e. The van der Waals surface area contributed by atoms with Gasteiger partial charge in [0.25, 0.3) is 0 Å². The average Bonchev–Trinajstić information content (AvgIpc) is 2.63. The second-order valence-electron chi connectivity index (χ2n) is 4.18. The second-order valence-corrected chi connectivity index (χ2v) is 4.18. The first kappa shape index (κ1) is 9.04. The molecule has 0 bridgehead atoms. The Kier molecular flexibility index (Phi) is 2.25. The van der Waals surface area contributed by atoms with Crippen LogP contribution in [0.3, 0.4) is 0 Å². The molecule has 3 nitrogen and oxygen atoms in total. The van der Waals surface area contributed by atoms with Crippen molar-refractivity contribution in [3.05, 3.63) is 23.8 Å². The second kappa shape index (κ2) is 3.74. The van der Waals surface area contributed by atoms with E-state index in [2.05, 4.69) is 11.4 Å². The predicted molar refractivity (Wildman–Crippen MR) is 57.5 cm³/mol. The summed E-state index contributed by atoms with van der Waals surface area (Å²) in [5.41, 5.74) is 1.28. The third kappa shape index (κ3) is 1.67. The quantitative estimate of drug-likeness (QED) is 0.804. The van der Waals surface area contributed by atoms with E-state index in [-0.39, 0.29) is 0 Å². The molecular weight excluding hydrogens is 190 g/mol. The number of nitrogens with one attached hydrogen (secondary N) is 1. The van der Waals surface area contributed by atoms with E-state index in [1.54, 1.807) is 0 Å². The maximum atomic E-state index is 5.79. The van der Waals surface area contributed by atoms with E-state index in [1.165, 1.54) is 5.56 Å². The van der Waals surface area contributed by atoms with Crippen molar-refractivity contribution in [3.8, 4) is 11.5 Å². The number of hydrogen-bond donors (Lipinski definition) is 1. The molecule has 1 saturated heterocycles. The standard InChI is InChI=1S/C12H15NO2/c1-2-10-4-5-14-12(10)11(3-1)15-8-9-6-13-7-9/h1-3,9,13H,4-8H2. The Morgan fingerprint density at radius 3 is 3.13 bits per heavy atom. The Morgan fingerprint density at radius 2 is 2.33 bits per heavy atom. The Hall–Kier alpha value is -1.22. The monoisotopic (exact) mass is 205 g/mol. The van der Waals surface area contributed by atoms with Crippen LogP contribution in [0.2, 0.25) is 0 Å². The smallest absolute Gasteiger partial charge is 0.164 e. The molecule has 0 amide bonds. The highest BCUT2D eigenvalue weighted by atomic mass is 16.5. The van der Waals surface area contributed by atoms with Crippen LogP contribution in [0.25, 0.3) is 0 Å². The minimum Gasteiger partial charge on any atom is -0.489 e. The van der Waals surface area contributed by atoms with Gasteiger partial charge in [0.15, 0.2) is 11.5 Å². The number of ether oxygens (including phenoxy) is 2. The van der Waals surface area contributed by atoms with Crippen molar-refractivity contribution >= 4 is 0 Å². The lowest BCUT2D eigenvalue weighted by atomic mass is 10.1. The highest BCUT2D eigenvalue weighted by Crippen LogP contribution is 2.35. The van der Waals surface area contributed by atoms with Gasteiger partial charge in [-0.1, -0.05) is 12.1 Å². The van der Waals surface area contributed by atoms with Crippen molar-refractivity contribution in [1.29, 1.82) is 0 Å². The minimum atomic E-state index is 0.669. The first-order valence-corrected chi connectivity index (χ1v) is 5.52. The van der Waals surface area contributed by atoms with E-state index >= 15 is 0 Å². The summed E-state index contributed by atoms with van der Waals surface area (Å²) in [5, 5.41) is 3.24. The fourth-order valence-corrected chi connectivity index (χ4v) is 1.97. The SMILES string of the molecule is c1cc2c(c(OCC3CNC3)c1)OCC2. The Balaban J connectivity index is 1.71. The van der Waals surface area contributed by atoms with Crippen LogP contribution in [0, 0.1) is 5.92 Å². The third-order valence-corrected chi connectivity index (χ3v) is 3.02. The Bertz CT molecular complexity index is 361. The van der Waals surface area contributed by atoms with Gasteiger partial charge in [-0.15, -0.1) is 0 Å². The normalized spacial score (nSPS) is 19.2. The summed E-state index contributed by atoms with van der Waals surface area (Å²) in [4.78, 5) is 0. The number of benzene rings is 1. The van der Waals surface area contributed by atoms with E-state index in [0.29, 0.717) is 5.92 Å². The highest BCUT2D eigenvalue weighted by molar-refractivity contribution is 5.48. The van der Waals surface area contributed by atoms with Gasteiger partial charge >= 0.3 is 0 Å². The van der Waals surface area contributed by atoms with E-state index < -0.39 is 0 Å². The molecule has 3 rings (SSSR count). The van der Waals surface area contributed by atoms with Crippen LogP contribution in [-0.4, -0.2) is 26.3 Å². The molecule has 1 N–H and O–H groups in total. The molecule has 2 aliphatic heterocycles. The Morgan fingerprint density at radius 1 is 1.40 bits per heavy atom. The van der Waals surface area contributed by atoms with Crippen molar-refractivity contribution < 1.29 is 9.47 Å². The van der Waals surface area contributed by atoms with Crippen LogP contribution in [0.15, 0.2) is 18.2 Å². The van der Waals surface area contributed by atoms with Crippen molar-refractivity contribution in [2.45, 2.75) is 6.42 Å². The molecule has 1 aromatic carbocycles. The lowest BCUT2D eigenvalue weighted by Crippen LogP contribution is -2.45. The summed E-state index contributed by atoms with van der Waals surface area (Å²) >= 11 is 0. The highest BCUT2D eigenvalue weighted by Gasteiger charge is 2.20. The molecule has 0 unspecified atom stereocenters. The van der Waals surface area contributed by atoms with Crippen LogP contribution in [0.4, 0.5) is 0 Å². The molecule has 80 valence electrons. The average molecular weight is 205 g/mol. The maximum absolute atomic E-state index is 5.79. The van der Waals surface area contributed by atoms with Crippen molar-refractivity contribution in [1.82, 2.24) is 5.32 Å². The molecule has 0 atom stereocenters. The first-order chi connectivity index (χ1) is 7.43. The number of rotatable bonds is 3. The molecule has 1 aromatic rings. The third-order valence-electron chi connectivity index (χ3n) is 3.02. The summed E-state index contributed by atoms with van der Waals surface area (Å²) in [6.45, 7) is 3.75. The van der Waals surface area contributed by atoms with Gasteiger partial charge in [-0.25, -0.2) is 0 Å². The molecule has 0 aliphatic carbocycles. The van der Waals surface area contributed by atoms with Gasteiger partial charge < -0.3 is 14.8 Å². The fraction of sp³-hybridized carbons (Fsp3) is 0.500. The van der Waals surface area contributed by atoms with E-state index in [9.17, 15) is 0 Å². The summed E-state index contributed by atoms with van der Waals surface area (Å²) in [5.74, 6) is 2.55. The predicted octanol–water partition coefficient (Wildman–Crippen LogP) is 1.22. The molecule has 0 aromatic heterocycles. The lowest BCUT2D eigenvalue weighted by molar-refractivity contribution is 0.192. The minimum absolute atomic E-state index is 0.669. The van der Waals surface area contributed by atoms with Crippen molar-refractivity contribution in [3.63, 3.8) is 0 Å². The van der Waals surface area contributed by atoms with Crippen LogP contribution in [0.5, 0.6) is 11.5 Å². The first-order valence-electron chi connectivity index (χ1n) is 5.52. The Labute approximate surface area is 89.4 Å². The number of fused-ring (bicyclic) bond motifs is 1. The van der Waals surface area contributed by atoms with Gasteiger partial charge in [-0.3, -0.25) is 0 Å². The topological polar surface area (TPSA) is 30.5 Å². The summed E-state index contributed by atoms with van der Waals surface area (Å²) in [7, 11) is 0. The van der Waals surface area contributed by atoms with Crippen molar-refractivity contribution in [2.24, 2.45) is 5.92 Å². The van der Waals surface area contributed by atoms with Gasteiger partial charge in [-0.05, 0) is 6.07 Å². The van der Waals surface area contributed by atoms with Crippen LogP contribution in [0.1, 0.15) is 5.56 Å². The molecule has 0 saturated carbocycles. The summed E-state index contributed by atoms with van der Waals surface area (Å²) in [6, 6.07) is 6.15. The van der Waals surface area contributed by atoms with Gasteiger partial charge in [0.05, 0.1) is 13.2 Å². The van der Waals surface area contributed by atoms with Gasteiger partial charge in [-0.2, -0.15) is 0 Å². The largest absolute Gasteiger partial charge is 0.489 e. The summed E-state index contributed by atoms with van der Waals surface area (Å²) in [6.07, 6.45) is 1.01. The zero-order valence-corrected chi connectivity index (χ0v) is 8.66. The van der Waals surface area contributed by atoms with E-state index in [4.69, 9.17) is 9.47 Å². The zero-order chi connectivity index (χ0) is 10.1. The molecule has 0 radical (unpaired) electrons. The van der Waals surface area contributed by atoms with Gasteiger partial charge in [0, 0.05) is 31.0 Å². The molecule has 0 spiro atoms. The summed E-state index contributed by atoms with van der Waals surface area (Å²) < 4.78 is 11.4. The van der Waals surface area contributed by atoms with Gasteiger partial charge in [0.1, 0.15) is 0 Å². The van der Waals surface area contributed by atoms with Gasteiger partial charge in [0.2, 0.25) is 0 Å². The zero-order valence-electron chi connectivity index (χ0n) is 8.66. The molecule has 2 heterocycles. The number of para-hydroxylation sites is 1. The van der Waals surface area contributed by atoms with Crippen LogP contribution in [-0.2, 0) is 6.42 Å². The molecular formula is C12H15NO2. The van der Waals surface area contributed by atoms with Crippen LogP contribution >= 0.6 is 0 Å². The molecule has 15 heavy (non-hydrogen) atoms. The molecule has 1 fully saturated rings. The van der Waals surface area contributed by atoms with Crippen LogP contribution < -0.4 is 14.8 Å². The van der Waals surface area contributed by atoms with E-state index in [0.717, 1.165) is 44.2 Å². The number of hydrogen-bond acceptors (Lipinski definition) is 3. The van der Waals surface area contributed by atoms with E-state index in [1.807, 2.05) is 12.1 Å². The molecule has 2 aliphatic rings. The van der Waals surface area contributed by atoms with Crippen molar-refractivity contribution in [2.75, 3.05) is 26.3 Å². The fourth-order valence-electron chi connectivity index (χ4n) is 1.97. The molecule has 3 heteroatoms. The lowest BCUT2D eigenvalue weighted by Gasteiger charge is -2.27.